The molecule has 0 spiro atoms. The second kappa shape index (κ2) is 7.75. The van der Waals surface area contributed by atoms with Gasteiger partial charge in [0, 0.05) is 42.8 Å². The van der Waals surface area contributed by atoms with Crippen molar-refractivity contribution in [3.8, 4) is 5.75 Å². The summed E-state index contributed by atoms with van der Waals surface area (Å²) < 4.78 is 5.26. The van der Waals surface area contributed by atoms with E-state index in [-0.39, 0.29) is 30.1 Å². The van der Waals surface area contributed by atoms with Gasteiger partial charge in [-0.3, -0.25) is 24.3 Å². The molecule has 0 radical (unpaired) electrons. The number of rotatable bonds is 7. The number of pyridine rings is 1. The molecule has 1 aromatic carbocycles. The zero-order chi connectivity index (χ0) is 20.4. The molecule has 4 rings (SSSR count). The predicted octanol–water partition coefficient (Wildman–Crippen LogP) is 1.92. The number of aromatic nitrogens is 2. The first kappa shape index (κ1) is 18.7. The zero-order valence-electron chi connectivity index (χ0n) is 15.9. The van der Waals surface area contributed by atoms with Gasteiger partial charge in [-0.15, -0.1) is 0 Å². The predicted molar refractivity (Wildman–Crippen MR) is 106 cm³/mol. The summed E-state index contributed by atoms with van der Waals surface area (Å²) in [5.74, 6) is -0.297. The van der Waals surface area contributed by atoms with Crippen molar-refractivity contribution >= 4 is 28.6 Å². The molecule has 2 aromatic heterocycles. The fourth-order valence-corrected chi connectivity index (χ4v) is 3.45. The summed E-state index contributed by atoms with van der Waals surface area (Å²) in [5, 5.41) is 3.89. The van der Waals surface area contributed by atoms with Crippen molar-refractivity contribution in [3.63, 3.8) is 0 Å². The Morgan fingerprint density at radius 2 is 2.10 bits per heavy atom. The molecule has 0 fully saturated rings. The number of H-pyrrole nitrogens is 1. The third-order valence-electron chi connectivity index (χ3n) is 4.98. The molecule has 29 heavy (non-hydrogen) atoms. The number of fused-ring (bicyclic) bond motifs is 2. The second-order valence-electron chi connectivity index (χ2n) is 6.74. The Bertz CT molecular complexity index is 1070. The first-order valence-electron chi connectivity index (χ1n) is 9.30. The number of carbonyl (C=O) groups is 3. The van der Waals surface area contributed by atoms with Gasteiger partial charge in [0.05, 0.1) is 12.7 Å². The summed E-state index contributed by atoms with van der Waals surface area (Å²) in [6.45, 7) is 0.483. The summed E-state index contributed by atoms with van der Waals surface area (Å²) in [7, 11) is 1.62. The van der Waals surface area contributed by atoms with Gasteiger partial charge in [0.25, 0.3) is 11.8 Å². The van der Waals surface area contributed by atoms with Gasteiger partial charge >= 0.3 is 0 Å². The standard InChI is InChI=1S/C21H20N4O4/c1-29-14-4-5-17-16(11-14)13(12-24-17)6-9-22-18(26)7-10-25-20(27)15-3-2-8-23-19(15)21(25)28/h2-5,8,11-12,24H,6-7,9-10H2,1H3,(H,22,26). The Balaban J connectivity index is 1.29. The van der Waals surface area contributed by atoms with Gasteiger partial charge in [-0.25, -0.2) is 0 Å². The molecule has 148 valence electrons. The molecule has 8 nitrogen and oxygen atoms in total. The maximum atomic E-state index is 12.3. The number of carbonyl (C=O) groups excluding carboxylic acids is 3. The van der Waals surface area contributed by atoms with Crippen molar-refractivity contribution in [2.75, 3.05) is 20.2 Å². The Hall–Kier alpha value is -3.68. The normalized spacial score (nSPS) is 13.1. The lowest BCUT2D eigenvalue weighted by molar-refractivity contribution is -0.121. The van der Waals surface area contributed by atoms with Crippen LogP contribution in [-0.2, 0) is 11.2 Å². The summed E-state index contributed by atoms with van der Waals surface area (Å²) in [4.78, 5) is 45.0. The van der Waals surface area contributed by atoms with Gasteiger partial charge in [0.15, 0.2) is 0 Å². The number of benzene rings is 1. The van der Waals surface area contributed by atoms with Crippen molar-refractivity contribution in [3.05, 3.63) is 59.5 Å². The maximum Gasteiger partial charge on any atom is 0.280 e. The number of nitrogens with one attached hydrogen (secondary N) is 2. The van der Waals surface area contributed by atoms with Crippen LogP contribution in [0.4, 0.5) is 0 Å². The number of amides is 3. The molecule has 0 saturated heterocycles. The van der Waals surface area contributed by atoms with Crippen LogP contribution in [0.2, 0.25) is 0 Å². The largest absolute Gasteiger partial charge is 0.497 e. The molecule has 8 heteroatoms. The monoisotopic (exact) mass is 392 g/mol. The van der Waals surface area contributed by atoms with Gasteiger partial charge in [-0.2, -0.15) is 0 Å². The van der Waals surface area contributed by atoms with Crippen LogP contribution in [0, 0.1) is 0 Å². The van der Waals surface area contributed by atoms with E-state index in [4.69, 9.17) is 4.74 Å². The van der Waals surface area contributed by atoms with Crippen molar-refractivity contribution in [2.45, 2.75) is 12.8 Å². The highest BCUT2D eigenvalue weighted by atomic mass is 16.5. The fraction of sp³-hybridized carbons (Fsp3) is 0.238. The average molecular weight is 392 g/mol. The van der Waals surface area contributed by atoms with Crippen LogP contribution < -0.4 is 10.1 Å². The van der Waals surface area contributed by atoms with Crippen LogP contribution in [0.5, 0.6) is 5.75 Å². The number of aromatic amines is 1. The van der Waals surface area contributed by atoms with E-state index in [0.29, 0.717) is 13.0 Å². The van der Waals surface area contributed by atoms with E-state index in [1.807, 2.05) is 24.4 Å². The Morgan fingerprint density at radius 3 is 2.90 bits per heavy atom. The van der Waals surface area contributed by atoms with Crippen molar-refractivity contribution < 1.29 is 19.1 Å². The van der Waals surface area contributed by atoms with Crippen molar-refractivity contribution in [2.24, 2.45) is 0 Å². The SMILES string of the molecule is COc1ccc2[nH]cc(CCNC(=O)CCN3C(=O)c4cccnc4C3=O)c2c1. The zero-order valence-corrected chi connectivity index (χ0v) is 15.9. The smallest absolute Gasteiger partial charge is 0.280 e. The molecular weight excluding hydrogens is 372 g/mol. The first-order valence-corrected chi connectivity index (χ1v) is 9.30. The summed E-state index contributed by atoms with van der Waals surface area (Å²) in [6, 6.07) is 8.98. The highest BCUT2D eigenvalue weighted by molar-refractivity contribution is 6.20. The second-order valence-corrected chi connectivity index (χ2v) is 6.74. The van der Waals surface area contributed by atoms with Crippen LogP contribution in [0.25, 0.3) is 10.9 Å². The fourth-order valence-electron chi connectivity index (χ4n) is 3.45. The maximum absolute atomic E-state index is 12.3. The average Bonchev–Trinajstić information content (AvgIpc) is 3.25. The Labute approximate surface area is 166 Å². The molecule has 3 heterocycles. The van der Waals surface area contributed by atoms with Gasteiger partial charge in [-0.05, 0) is 42.3 Å². The molecule has 0 saturated carbocycles. The van der Waals surface area contributed by atoms with Crippen molar-refractivity contribution in [1.82, 2.24) is 20.2 Å². The number of methoxy groups -OCH3 is 1. The molecule has 3 aromatic rings. The molecule has 0 atom stereocenters. The number of hydrogen-bond donors (Lipinski definition) is 2. The van der Waals surface area contributed by atoms with E-state index in [0.717, 1.165) is 27.1 Å². The van der Waals surface area contributed by atoms with Gasteiger partial charge in [-0.1, -0.05) is 0 Å². The van der Waals surface area contributed by atoms with Crippen LogP contribution >= 0.6 is 0 Å². The minimum Gasteiger partial charge on any atom is -0.497 e. The van der Waals surface area contributed by atoms with E-state index in [1.165, 1.54) is 6.20 Å². The Morgan fingerprint density at radius 1 is 1.24 bits per heavy atom. The highest BCUT2D eigenvalue weighted by Gasteiger charge is 2.36. The summed E-state index contributed by atoms with van der Waals surface area (Å²) in [6.07, 6.45) is 4.09. The summed E-state index contributed by atoms with van der Waals surface area (Å²) >= 11 is 0. The van der Waals surface area contributed by atoms with E-state index in [2.05, 4.69) is 15.3 Å². The minimum absolute atomic E-state index is 0.0319. The summed E-state index contributed by atoms with van der Waals surface area (Å²) in [5.41, 5.74) is 2.51. The van der Waals surface area contributed by atoms with Crippen LogP contribution in [0.15, 0.2) is 42.7 Å². The molecule has 1 aliphatic heterocycles. The Kier molecular flexibility index (Phi) is 4.99. The first-order chi connectivity index (χ1) is 14.1. The van der Waals surface area contributed by atoms with Crippen molar-refractivity contribution in [1.29, 1.82) is 0 Å². The van der Waals surface area contributed by atoms with Gasteiger partial charge in [0.2, 0.25) is 5.91 Å². The number of imide groups is 1. The highest BCUT2D eigenvalue weighted by Crippen LogP contribution is 2.24. The van der Waals surface area contributed by atoms with Crippen LogP contribution in [-0.4, -0.2) is 52.8 Å². The van der Waals surface area contributed by atoms with Crippen LogP contribution in [0.1, 0.15) is 32.8 Å². The number of hydrogen-bond acceptors (Lipinski definition) is 5. The van der Waals surface area contributed by atoms with Gasteiger partial charge in [0.1, 0.15) is 11.4 Å². The molecule has 0 bridgehead atoms. The quantitative estimate of drug-likeness (QED) is 0.598. The lowest BCUT2D eigenvalue weighted by Gasteiger charge is -2.13. The van der Waals surface area contributed by atoms with E-state index in [9.17, 15) is 14.4 Å². The van der Waals surface area contributed by atoms with Gasteiger partial charge < -0.3 is 15.0 Å². The molecule has 1 aliphatic rings. The van der Waals surface area contributed by atoms with E-state index in [1.54, 1.807) is 19.2 Å². The number of nitrogens with zero attached hydrogens (tertiary/aromatic N) is 2. The van der Waals surface area contributed by atoms with Crippen LogP contribution in [0.3, 0.4) is 0 Å². The third kappa shape index (κ3) is 3.56. The number of ether oxygens (including phenoxy) is 1. The molecular formula is C21H20N4O4. The van der Waals surface area contributed by atoms with E-state index < -0.39 is 11.8 Å². The lowest BCUT2D eigenvalue weighted by Crippen LogP contribution is -2.35. The third-order valence-corrected chi connectivity index (χ3v) is 4.98. The molecule has 3 amide bonds. The van der Waals surface area contributed by atoms with E-state index >= 15 is 0 Å². The minimum atomic E-state index is -0.453. The molecule has 0 unspecified atom stereocenters. The topological polar surface area (TPSA) is 104 Å². The molecule has 2 N–H and O–H groups in total. The molecule has 0 aliphatic carbocycles. The lowest BCUT2D eigenvalue weighted by atomic mass is 10.1.